The zero-order valence-corrected chi connectivity index (χ0v) is 11.1. The van der Waals surface area contributed by atoms with Crippen LogP contribution in [0.5, 0.6) is 0 Å². The first-order valence-corrected chi connectivity index (χ1v) is 6.00. The van der Waals surface area contributed by atoms with Crippen molar-refractivity contribution in [3.63, 3.8) is 0 Å². The first kappa shape index (κ1) is 14.4. The lowest BCUT2D eigenvalue weighted by Crippen LogP contribution is -2.09. The highest BCUT2D eigenvalue weighted by molar-refractivity contribution is 5.90. The van der Waals surface area contributed by atoms with Crippen LogP contribution in [-0.2, 0) is 6.42 Å². The number of nitro benzene ring substituents is 1. The summed E-state index contributed by atoms with van der Waals surface area (Å²) in [6.45, 7) is 1.93. The maximum atomic E-state index is 11.0. The molecular formula is C12H12N4O5. The Kier molecular flexibility index (Phi) is 4.12. The summed E-state index contributed by atoms with van der Waals surface area (Å²) in [5, 5.41) is 26.4. The van der Waals surface area contributed by atoms with Crippen LogP contribution in [0, 0.1) is 17.0 Å². The minimum atomic E-state index is -1.22. The van der Waals surface area contributed by atoms with Crippen molar-refractivity contribution in [3.8, 4) is 0 Å². The van der Waals surface area contributed by atoms with Crippen LogP contribution in [0.25, 0.3) is 0 Å². The van der Waals surface area contributed by atoms with Gasteiger partial charge in [-0.15, -0.1) is 0 Å². The Bertz CT molecular complexity index is 669. The number of hydrogen-bond acceptors (Lipinski definition) is 7. The fourth-order valence-corrected chi connectivity index (χ4v) is 1.81. The maximum absolute atomic E-state index is 11.0. The lowest BCUT2D eigenvalue weighted by Gasteiger charge is -2.10. The molecule has 0 aliphatic heterocycles. The van der Waals surface area contributed by atoms with E-state index in [0.29, 0.717) is 30.1 Å². The molecule has 0 aliphatic carbocycles. The standard InChI is InChI=1S/C12H12N4O5/c1-7-9(13-3-2-11-14-6-15-21-11)4-8(12(17)18)5-10(7)16(19)20/h4-6,13H,2-3H2,1H3,(H,17,18). The third-order valence-electron chi connectivity index (χ3n) is 2.89. The second-order valence-corrected chi connectivity index (χ2v) is 4.24. The number of nitro groups is 1. The molecule has 110 valence electrons. The molecule has 0 bridgehead atoms. The van der Waals surface area contributed by atoms with Crippen molar-refractivity contribution in [1.29, 1.82) is 0 Å². The lowest BCUT2D eigenvalue weighted by molar-refractivity contribution is -0.385. The lowest BCUT2D eigenvalue weighted by atomic mass is 10.1. The number of carbonyl (C=O) groups is 1. The molecule has 0 unspecified atom stereocenters. The average molecular weight is 292 g/mol. The predicted octanol–water partition coefficient (Wildman–Crippen LogP) is 1.64. The number of carboxylic acids is 1. The first-order valence-electron chi connectivity index (χ1n) is 6.00. The van der Waals surface area contributed by atoms with Gasteiger partial charge < -0.3 is 14.9 Å². The van der Waals surface area contributed by atoms with Crippen molar-refractivity contribution in [2.75, 3.05) is 11.9 Å². The highest BCUT2D eigenvalue weighted by atomic mass is 16.6. The summed E-state index contributed by atoms with van der Waals surface area (Å²) in [5.41, 5.74) is 0.374. The van der Waals surface area contributed by atoms with Crippen LogP contribution >= 0.6 is 0 Å². The van der Waals surface area contributed by atoms with Crippen LogP contribution in [-0.4, -0.2) is 32.7 Å². The van der Waals surface area contributed by atoms with Gasteiger partial charge in [0.15, 0.2) is 6.33 Å². The van der Waals surface area contributed by atoms with E-state index in [4.69, 9.17) is 9.63 Å². The molecule has 0 radical (unpaired) electrons. The second kappa shape index (κ2) is 5.99. The fourth-order valence-electron chi connectivity index (χ4n) is 1.81. The summed E-state index contributed by atoms with van der Waals surface area (Å²) >= 11 is 0. The Hall–Kier alpha value is -2.97. The second-order valence-electron chi connectivity index (χ2n) is 4.24. The number of anilines is 1. The summed E-state index contributed by atoms with van der Waals surface area (Å²) in [4.78, 5) is 25.2. The normalized spacial score (nSPS) is 10.3. The highest BCUT2D eigenvalue weighted by Gasteiger charge is 2.18. The minimum Gasteiger partial charge on any atom is -0.478 e. The Balaban J connectivity index is 2.20. The quantitative estimate of drug-likeness (QED) is 0.606. The van der Waals surface area contributed by atoms with E-state index in [1.807, 2.05) is 0 Å². The summed E-state index contributed by atoms with van der Waals surface area (Å²) in [6, 6.07) is 2.40. The van der Waals surface area contributed by atoms with Gasteiger partial charge in [-0.1, -0.05) is 5.16 Å². The Morgan fingerprint density at radius 1 is 1.52 bits per heavy atom. The van der Waals surface area contributed by atoms with Crippen molar-refractivity contribution in [2.45, 2.75) is 13.3 Å². The summed E-state index contributed by atoms with van der Waals surface area (Å²) in [7, 11) is 0. The van der Waals surface area contributed by atoms with E-state index in [-0.39, 0.29) is 11.3 Å². The van der Waals surface area contributed by atoms with Gasteiger partial charge in [-0.25, -0.2) is 4.79 Å². The van der Waals surface area contributed by atoms with Crippen LogP contribution in [0.3, 0.4) is 0 Å². The number of benzene rings is 1. The van der Waals surface area contributed by atoms with E-state index in [2.05, 4.69) is 15.5 Å². The summed E-state index contributed by atoms with van der Waals surface area (Å²) in [5.74, 6) is -0.804. The molecule has 0 spiro atoms. The Labute approximate surface area is 118 Å². The highest BCUT2D eigenvalue weighted by Crippen LogP contribution is 2.27. The van der Waals surface area contributed by atoms with Crippen molar-refractivity contribution in [2.24, 2.45) is 0 Å². The molecule has 1 aromatic carbocycles. The van der Waals surface area contributed by atoms with Gasteiger partial charge in [0.1, 0.15) is 0 Å². The zero-order valence-electron chi connectivity index (χ0n) is 11.1. The van der Waals surface area contributed by atoms with Gasteiger partial charge in [-0.3, -0.25) is 10.1 Å². The molecule has 0 saturated carbocycles. The zero-order chi connectivity index (χ0) is 15.4. The van der Waals surface area contributed by atoms with Crippen molar-refractivity contribution in [3.05, 3.63) is 45.6 Å². The SMILES string of the molecule is Cc1c(NCCc2ncno2)cc(C(=O)O)cc1[N+](=O)[O-]. The van der Waals surface area contributed by atoms with Gasteiger partial charge in [-0.05, 0) is 13.0 Å². The van der Waals surface area contributed by atoms with E-state index in [1.54, 1.807) is 6.92 Å². The van der Waals surface area contributed by atoms with Crippen LogP contribution in [0.15, 0.2) is 23.0 Å². The molecule has 21 heavy (non-hydrogen) atoms. The van der Waals surface area contributed by atoms with Gasteiger partial charge >= 0.3 is 5.97 Å². The van der Waals surface area contributed by atoms with Gasteiger partial charge in [-0.2, -0.15) is 4.98 Å². The van der Waals surface area contributed by atoms with Gasteiger partial charge in [0.05, 0.1) is 10.5 Å². The smallest absolute Gasteiger partial charge is 0.336 e. The molecule has 0 fully saturated rings. The summed E-state index contributed by atoms with van der Waals surface area (Å²) in [6.07, 6.45) is 1.70. The van der Waals surface area contributed by atoms with E-state index in [9.17, 15) is 14.9 Å². The Morgan fingerprint density at radius 2 is 2.29 bits per heavy atom. The molecule has 0 aliphatic rings. The monoisotopic (exact) mass is 292 g/mol. The molecule has 9 nitrogen and oxygen atoms in total. The number of nitrogens with zero attached hydrogens (tertiary/aromatic N) is 3. The average Bonchev–Trinajstić information content (AvgIpc) is 2.93. The van der Waals surface area contributed by atoms with Crippen molar-refractivity contribution >= 4 is 17.3 Å². The van der Waals surface area contributed by atoms with Gasteiger partial charge in [0.25, 0.3) is 5.69 Å². The van der Waals surface area contributed by atoms with Gasteiger partial charge in [0, 0.05) is 30.3 Å². The third-order valence-corrected chi connectivity index (χ3v) is 2.89. The molecule has 0 saturated heterocycles. The third kappa shape index (κ3) is 3.32. The molecule has 1 aromatic heterocycles. The molecule has 0 amide bonds. The van der Waals surface area contributed by atoms with Crippen LogP contribution < -0.4 is 5.32 Å². The summed E-state index contributed by atoms with van der Waals surface area (Å²) < 4.78 is 4.82. The predicted molar refractivity (Wildman–Crippen MR) is 71.3 cm³/mol. The molecule has 2 N–H and O–H groups in total. The van der Waals surface area contributed by atoms with Crippen LogP contribution in [0.4, 0.5) is 11.4 Å². The fraction of sp³-hybridized carbons (Fsp3) is 0.250. The first-order chi connectivity index (χ1) is 9.99. The number of rotatable bonds is 6. The number of aromatic nitrogens is 2. The van der Waals surface area contributed by atoms with Crippen LogP contribution in [0.1, 0.15) is 21.8 Å². The van der Waals surface area contributed by atoms with Crippen molar-refractivity contribution in [1.82, 2.24) is 10.1 Å². The number of carboxylic acid groups (broad SMARTS) is 1. The molecule has 9 heteroatoms. The van der Waals surface area contributed by atoms with Crippen LogP contribution in [0.2, 0.25) is 0 Å². The number of hydrogen-bond donors (Lipinski definition) is 2. The van der Waals surface area contributed by atoms with Gasteiger partial charge in [0.2, 0.25) is 5.89 Å². The van der Waals surface area contributed by atoms with E-state index in [0.717, 1.165) is 6.07 Å². The minimum absolute atomic E-state index is 0.146. The largest absolute Gasteiger partial charge is 0.478 e. The molecule has 2 aromatic rings. The molecule has 1 heterocycles. The van der Waals surface area contributed by atoms with E-state index in [1.165, 1.54) is 12.4 Å². The van der Waals surface area contributed by atoms with Crippen molar-refractivity contribution < 1.29 is 19.3 Å². The van der Waals surface area contributed by atoms with E-state index >= 15 is 0 Å². The molecule has 0 atom stereocenters. The number of aromatic carboxylic acids is 1. The molecule has 2 rings (SSSR count). The molecular weight excluding hydrogens is 280 g/mol. The van der Waals surface area contributed by atoms with E-state index < -0.39 is 10.9 Å². The number of nitrogens with one attached hydrogen (secondary N) is 1. The Morgan fingerprint density at radius 3 is 2.86 bits per heavy atom. The maximum Gasteiger partial charge on any atom is 0.336 e. The topological polar surface area (TPSA) is 131 Å².